The van der Waals surface area contributed by atoms with Crippen LogP contribution in [0.25, 0.3) is 0 Å². The molecule has 1 aliphatic heterocycles. The van der Waals surface area contributed by atoms with Crippen molar-refractivity contribution in [3.63, 3.8) is 0 Å². The molecule has 4 nitrogen and oxygen atoms in total. The predicted molar refractivity (Wildman–Crippen MR) is 80.8 cm³/mol. The molecule has 2 rings (SSSR count). The van der Waals surface area contributed by atoms with Gasteiger partial charge in [0.05, 0.1) is 6.10 Å². The minimum atomic E-state index is 0.308. The second kappa shape index (κ2) is 7.14. The Morgan fingerprint density at radius 2 is 1.90 bits per heavy atom. The second-order valence-corrected chi connectivity index (χ2v) is 6.02. The Balaban J connectivity index is 2.04. The molecular formula is C16H27N3O. The lowest BCUT2D eigenvalue weighted by molar-refractivity contribution is 0.0156. The van der Waals surface area contributed by atoms with E-state index in [-0.39, 0.29) is 0 Å². The van der Waals surface area contributed by atoms with Crippen molar-refractivity contribution >= 4 is 0 Å². The first-order chi connectivity index (χ1) is 9.56. The van der Waals surface area contributed by atoms with Gasteiger partial charge in [0.2, 0.25) is 0 Å². The van der Waals surface area contributed by atoms with E-state index in [0.29, 0.717) is 12.1 Å². The van der Waals surface area contributed by atoms with Crippen molar-refractivity contribution in [2.24, 2.45) is 0 Å². The maximum Gasteiger partial charge on any atom is 0.131 e. The molecule has 1 atom stereocenters. The number of ether oxygens (including phenoxy) is 1. The highest BCUT2D eigenvalue weighted by molar-refractivity contribution is 5.24. The summed E-state index contributed by atoms with van der Waals surface area (Å²) in [6.07, 6.45) is 4.74. The maximum absolute atomic E-state index is 5.78. The van der Waals surface area contributed by atoms with Gasteiger partial charge in [0.15, 0.2) is 0 Å². The van der Waals surface area contributed by atoms with Gasteiger partial charge in [-0.3, -0.25) is 0 Å². The van der Waals surface area contributed by atoms with Crippen molar-refractivity contribution in [3.8, 4) is 0 Å². The Bertz CT molecular complexity index is 416. The highest BCUT2D eigenvalue weighted by Gasteiger charge is 2.17. The number of rotatable bonds is 5. The topological polar surface area (TPSA) is 47.0 Å². The van der Waals surface area contributed by atoms with E-state index in [9.17, 15) is 0 Å². The Hall–Kier alpha value is -1.00. The van der Waals surface area contributed by atoms with Crippen LogP contribution in [0.1, 0.15) is 55.9 Å². The first-order valence-electron chi connectivity index (χ1n) is 7.74. The molecule has 1 aromatic heterocycles. The molecule has 1 saturated heterocycles. The summed E-state index contributed by atoms with van der Waals surface area (Å²) in [6, 6.07) is 0.476. The molecule has 112 valence electrons. The van der Waals surface area contributed by atoms with Crippen LogP contribution >= 0.6 is 0 Å². The number of nitrogens with zero attached hydrogens (tertiary/aromatic N) is 2. The van der Waals surface area contributed by atoms with Gasteiger partial charge < -0.3 is 10.1 Å². The standard InChI is InChI=1S/C16H27N3O/c1-11(2)17-10-15-12(3)18-16(19-13(15)4)9-14-7-5-6-8-20-14/h11,14,17H,5-10H2,1-4H3. The number of hydrogen-bond acceptors (Lipinski definition) is 4. The molecule has 0 radical (unpaired) electrons. The van der Waals surface area contributed by atoms with Crippen LogP contribution in [0, 0.1) is 13.8 Å². The highest BCUT2D eigenvalue weighted by atomic mass is 16.5. The van der Waals surface area contributed by atoms with Crippen molar-refractivity contribution in [2.45, 2.75) is 72.1 Å². The summed E-state index contributed by atoms with van der Waals surface area (Å²) < 4.78 is 5.78. The fraction of sp³-hybridized carbons (Fsp3) is 0.750. The van der Waals surface area contributed by atoms with Crippen molar-refractivity contribution in [1.82, 2.24) is 15.3 Å². The van der Waals surface area contributed by atoms with Crippen LogP contribution in [-0.2, 0) is 17.7 Å². The van der Waals surface area contributed by atoms with E-state index in [4.69, 9.17) is 4.74 Å². The smallest absolute Gasteiger partial charge is 0.131 e. The summed E-state index contributed by atoms with van der Waals surface area (Å²) in [5, 5.41) is 3.44. The average Bonchev–Trinajstić information content (AvgIpc) is 2.38. The molecule has 0 aromatic carbocycles. The van der Waals surface area contributed by atoms with Crippen LogP contribution in [0.4, 0.5) is 0 Å². The van der Waals surface area contributed by atoms with E-state index in [1.54, 1.807) is 0 Å². The normalized spacial score (nSPS) is 19.6. The van der Waals surface area contributed by atoms with Gasteiger partial charge in [-0.2, -0.15) is 0 Å². The zero-order valence-corrected chi connectivity index (χ0v) is 13.2. The molecule has 20 heavy (non-hydrogen) atoms. The SMILES string of the molecule is Cc1nc(CC2CCCCO2)nc(C)c1CNC(C)C. The van der Waals surface area contributed by atoms with E-state index >= 15 is 0 Å². The zero-order valence-electron chi connectivity index (χ0n) is 13.2. The summed E-state index contributed by atoms with van der Waals surface area (Å²) in [5.41, 5.74) is 3.42. The second-order valence-electron chi connectivity index (χ2n) is 6.02. The van der Waals surface area contributed by atoms with E-state index < -0.39 is 0 Å². The van der Waals surface area contributed by atoms with Crippen molar-refractivity contribution < 1.29 is 4.74 Å². The largest absolute Gasteiger partial charge is 0.378 e. The van der Waals surface area contributed by atoms with E-state index in [0.717, 1.165) is 43.2 Å². The van der Waals surface area contributed by atoms with Crippen LogP contribution in [0.5, 0.6) is 0 Å². The maximum atomic E-state index is 5.78. The summed E-state index contributed by atoms with van der Waals surface area (Å²) in [4.78, 5) is 9.35. The van der Waals surface area contributed by atoms with Crippen LogP contribution in [0.15, 0.2) is 0 Å². The van der Waals surface area contributed by atoms with Gasteiger partial charge in [0.25, 0.3) is 0 Å². The third-order valence-electron chi connectivity index (χ3n) is 3.84. The van der Waals surface area contributed by atoms with Gasteiger partial charge in [-0.15, -0.1) is 0 Å². The summed E-state index contributed by atoms with van der Waals surface area (Å²) in [7, 11) is 0. The lowest BCUT2D eigenvalue weighted by Crippen LogP contribution is -2.25. The number of aryl methyl sites for hydroxylation is 2. The molecule has 1 unspecified atom stereocenters. The molecule has 1 aliphatic rings. The molecule has 0 saturated carbocycles. The fourth-order valence-electron chi connectivity index (χ4n) is 2.63. The number of hydrogen-bond donors (Lipinski definition) is 1. The molecule has 1 aromatic rings. The van der Waals surface area contributed by atoms with E-state index in [1.807, 2.05) is 0 Å². The summed E-state index contributed by atoms with van der Waals surface area (Å²) in [5.74, 6) is 0.931. The van der Waals surface area contributed by atoms with Gasteiger partial charge in [-0.05, 0) is 33.1 Å². The first-order valence-corrected chi connectivity index (χ1v) is 7.74. The lowest BCUT2D eigenvalue weighted by atomic mass is 10.1. The fourth-order valence-corrected chi connectivity index (χ4v) is 2.63. The Morgan fingerprint density at radius 1 is 1.20 bits per heavy atom. The number of aromatic nitrogens is 2. The average molecular weight is 277 g/mol. The molecule has 1 fully saturated rings. The zero-order chi connectivity index (χ0) is 14.5. The van der Waals surface area contributed by atoms with Gasteiger partial charge in [0.1, 0.15) is 5.82 Å². The molecule has 0 spiro atoms. The highest BCUT2D eigenvalue weighted by Crippen LogP contribution is 2.17. The molecule has 0 amide bonds. The van der Waals surface area contributed by atoms with E-state index in [1.165, 1.54) is 18.4 Å². The van der Waals surface area contributed by atoms with Crippen molar-refractivity contribution in [3.05, 3.63) is 22.8 Å². The van der Waals surface area contributed by atoms with Crippen LogP contribution in [0.3, 0.4) is 0 Å². The Labute approximate surface area is 122 Å². The monoisotopic (exact) mass is 277 g/mol. The summed E-state index contributed by atoms with van der Waals surface area (Å²) in [6.45, 7) is 10.2. The van der Waals surface area contributed by atoms with Crippen molar-refractivity contribution in [2.75, 3.05) is 6.61 Å². The molecule has 2 heterocycles. The molecular weight excluding hydrogens is 250 g/mol. The van der Waals surface area contributed by atoms with E-state index in [2.05, 4.69) is 43.0 Å². The molecule has 4 heteroatoms. The molecule has 0 bridgehead atoms. The van der Waals surface area contributed by atoms with Gasteiger partial charge >= 0.3 is 0 Å². The molecule has 1 N–H and O–H groups in total. The van der Waals surface area contributed by atoms with Crippen LogP contribution < -0.4 is 5.32 Å². The van der Waals surface area contributed by atoms with Gasteiger partial charge in [-0.25, -0.2) is 9.97 Å². The Kier molecular flexibility index (Phi) is 5.49. The lowest BCUT2D eigenvalue weighted by Gasteiger charge is -2.22. The van der Waals surface area contributed by atoms with Crippen LogP contribution in [0.2, 0.25) is 0 Å². The van der Waals surface area contributed by atoms with Gasteiger partial charge in [0, 0.05) is 42.6 Å². The quantitative estimate of drug-likeness (QED) is 0.899. The van der Waals surface area contributed by atoms with Gasteiger partial charge in [-0.1, -0.05) is 13.8 Å². The predicted octanol–water partition coefficient (Wildman–Crippen LogP) is 2.70. The first kappa shape index (κ1) is 15.4. The van der Waals surface area contributed by atoms with Crippen molar-refractivity contribution in [1.29, 1.82) is 0 Å². The van der Waals surface area contributed by atoms with Crippen LogP contribution in [-0.4, -0.2) is 28.7 Å². The number of nitrogens with one attached hydrogen (secondary N) is 1. The molecule has 0 aliphatic carbocycles. The third-order valence-corrected chi connectivity index (χ3v) is 3.84. The minimum Gasteiger partial charge on any atom is -0.378 e. The minimum absolute atomic E-state index is 0.308. The summed E-state index contributed by atoms with van der Waals surface area (Å²) >= 11 is 0. The third kappa shape index (κ3) is 4.25. The Morgan fingerprint density at radius 3 is 2.45 bits per heavy atom.